The van der Waals surface area contributed by atoms with E-state index in [9.17, 15) is 4.79 Å². The zero-order valence-corrected chi connectivity index (χ0v) is 18.1. The summed E-state index contributed by atoms with van der Waals surface area (Å²) in [5.74, 6) is 0.377. The minimum absolute atomic E-state index is 0.213. The number of nitrogens with zero attached hydrogens (tertiary/aromatic N) is 6. The Bertz CT molecular complexity index is 1120. The SMILES string of the molecule is COCCn1cc(C(=O)N=C(N)C(C)(c2ccc(-c3cnc(N)nc3)nc2)C2CC2)cn1. The summed E-state index contributed by atoms with van der Waals surface area (Å²) in [4.78, 5) is 29.6. The number of methoxy groups -OCH3 is 1. The number of nitrogens with two attached hydrogens (primary N) is 2. The number of hydrogen-bond acceptors (Lipinski definition) is 7. The van der Waals surface area contributed by atoms with Gasteiger partial charge in [0.1, 0.15) is 5.84 Å². The van der Waals surface area contributed by atoms with Gasteiger partial charge in [-0.1, -0.05) is 6.07 Å². The largest absolute Gasteiger partial charge is 0.386 e. The molecule has 3 aromatic rings. The van der Waals surface area contributed by atoms with E-state index in [1.165, 1.54) is 6.20 Å². The number of amidine groups is 1. The number of carbonyl (C=O) groups excluding carboxylic acids is 1. The lowest BCUT2D eigenvalue weighted by molar-refractivity contribution is 0.100. The highest BCUT2D eigenvalue weighted by Gasteiger charge is 2.46. The summed E-state index contributed by atoms with van der Waals surface area (Å²) < 4.78 is 6.68. The molecule has 32 heavy (non-hydrogen) atoms. The van der Waals surface area contributed by atoms with E-state index in [0.717, 1.165) is 29.7 Å². The van der Waals surface area contributed by atoms with Gasteiger partial charge in [-0.3, -0.25) is 14.5 Å². The number of aliphatic imine (C=N–C) groups is 1. The van der Waals surface area contributed by atoms with Crippen LogP contribution in [0.4, 0.5) is 5.95 Å². The zero-order chi connectivity index (χ0) is 22.7. The van der Waals surface area contributed by atoms with Crippen LogP contribution in [0, 0.1) is 5.92 Å². The average molecular weight is 435 g/mol. The summed E-state index contributed by atoms with van der Waals surface area (Å²) >= 11 is 0. The predicted molar refractivity (Wildman–Crippen MR) is 120 cm³/mol. The molecule has 1 aliphatic rings. The second kappa shape index (κ2) is 8.83. The highest BCUT2D eigenvalue weighted by atomic mass is 16.5. The first-order chi connectivity index (χ1) is 15.4. The van der Waals surface area contributed by atoms with Crippen molar-refractivity contribution >= 4 is 17.7 Å². The van der Waals surface area contributed by atoms with Crippen molar-refractivity contribution in [3.63, 3.8) is 0 Å². The predicted octanol–water partition coefficient (Wildman–Crippen LogP) is 1.83. The second-order valence-electron chi connectivity index (χ2n) is 8.03. The Hall–Kier alpha value is -3.66. The lowest BCUT2D eigenvalue weighted by atomic mass is 9.77. The molecule has 1 unspecified atom stereocenters. The Kier molecular flexibility index (Phi) is 5.95. The van der Waals surface area contributed by atoms with Crippen LogP contribution in [0.3, 0.4) is 0 Å². The second-order valence-corrected chi connectivity index (χ2v) is 8.03. The van der Waals surface area contributed by atoms with Crippen molar-refractivity contribution in [1.29, 1.82) is 0 Å². The summed E-state index contributed by atoms with van der Waals surface area (Å²) in [7, 11) is 1.62. The number of rotatable bonds is 8. The number of amides is 1. The van der Waals surface area contributed by atoms with Gasteiger partial charge in [0.25, 0.3) is 5.91 Å². The summed E-state index contributed by atoms with van der Waals surface area (Å²) in [6.07, 6.45) is 10.2. The summed E-state index contributed by atoms with van der Waals surface area (Å²) in [5, 5.41) is 4.17. The molecule has 1 aliphatic carbocycles. The molecule has 4 N–H and O–H groups in total. The Balaban J connectivity index is 1.58. The highest BCUT2D eigenvalue weighted by Crippen LogP contribution is 2.47. The van der Waals surface area contributed by atoms with Gasteiger partial charge in [0.15, 0.2) is 0 Å². The summed E-state index contributed by atoms with van der Waals surface area (Å²) in [5.41, 5.74) is 14.2. The van der Waals surface area contributed by atoms with Gasteiger partial charge in [-0.2, -0.15) is 10.1 Å². The molecule has 0 radical (unpaired) electrons. The van der Waals surface area contributed by atoms with Crippen molar-refractivity contribution in [3.8, 4) is 11.3 Å². The van der Waals surface area contributed by atoms with E-state index < -0.39 is 11.3 Å². The molecule has 166 valence electrons. The number of hydrogen-bond donors (Lipinski definition) is 2. The summed E-state index contributed by atoms with van der Waals surface area (Å²) in [6.45, 7) is 3.08. The van der Waals surface area contributed by atoms with E-state index in [2.05, 4.69) is 25.0 Å². The van der Waals surface area contributed by atoms with Crippen molar-refractivity contribution in [2.75, 3.05) is 19.5 Å². The first-order valence-corrected chi connectivity index (χ1v) is 10.4. The van der Waals surface area contributed by atoms with Gasteiger partial charge in [-0.15, -0.1) is 0 Å². The van der Waals surface area contributed by atoms with Gasteiger partial charge in [0.2, 0.25) is 5.95 Å². The van der Waals surface area contributed by atoms with Crippen LogP contribution in [-0.2, 0) is 16.7 Å². The van der Waals surface area contributed by atoms with Crippen LogP contribution in [-0.4, -0.2) is 50.2 Å². The fourth-order valence-corrected chi connectivity index (χ4v) is 3.67. The lowest BCUT2D eigenvalue weighted by Crippen LogP contribution is -2.41. The van der Waals surface area contributed by atoms with Crippen molar-refractivity contribution in [2.24, 2.45) is 16.6 Å². The molecule has 0 saturated heterocycles. The molecule has 10 nitrogen and oxygen atoms in total. The van der Waals surface area contributed by atoms with E-state index in [0.29, 0.717) is 24.6 Å². The van der Waals surface area contributed by atoms with Gasteiger partial charge in [0, 0.05) is 37.5 Å². The number of aromatic nitrogens is 5. The third kappa shape index (κ3) is 4.35. The van der Waals surface area contributed by atoms with Crippen LogP contribution in [0.15, 0.2) is 48.1 Å². The molecule has 0 spiro atoms. The highest BCUT2D eigenvalue weighted by molar-refractivity contribution is 6.06. The van der Waals surface area contributed by atoms with Crippen LogP contribution in [0.25, 0.3) is 11.3 Å². The van der Waals surface area contributed by atoms with Gasteiger partial charge < -0.3 is 16.2 Å². The Morgan fingerprint density at radius 2 is 1.97 bits per heavy atom. The Labute approximate surface area is 185 Å². The minimum atomic E-state index is -0.592. The monoisotopic (exact) mass is 434 g/mol. The van der Waals surface area contributed by atoms with Gasteiger partial charge in [0.05, 0.1) is 36.0 Å². The van der Waals surface area contributed by atoms with E-state index in [1.54, 1.807) is 36.6 Å². The Morgan fingerprint density at radius 3 is 2.59 bits per heavy atom. The van der Waals surface area contributed by atoms with Crippen molar-refractivity contribution < 1.29 is 9.53 Å². The molecule has 3 aromatic heterocycles. The molecule has 1 atom stereocenters. The van der Waals surface area contributed by atoms with Gasteiger partial charge in [-0.25, -0.2) is 9.97 Å². The van der Waals surface area contributed by atoms with Crippen LogP contribution in [0.2, 0.25) is 0 Å². The molecule has 10 heteroatoms. The maximum Gasteiger partial charge on any atom is 0.281 e. The topological polar surface area (TPSA) is 147 Å². The van der Waals surface area contributed by atoms with Crippen LogP contribution >= 0.6 is 0 Å². The average Bonchev–Trinajstić information content (AvgIpc) is 3.56. The first-order valence-electron chi connectivity index (χ1n) is 10.4. The van der Waals surface area contributed by atoms with Crippen molar-refractivity contribution in [1.82, 2.24) is 24.7 Å². The molecule has 1 amide bonds. The van der Waals surface area contributed by atoms with Crippen molar-refractivity contribution in [3.05, 3.63) is 54.2 Å². The van der Waals surface area contributed by atoms with E-state index in [-0.39, 0.29) is 11.8 Å². The maximum absolute atomic E-state index is 12.7. The molecule has 1 fully saturated rings. The summed E-state index contributed by atoms with van der Waals surface area (Å²) in [6, 6.07) is 3.85. The number of anilines is 1. The van der Waals surface area contributed by atoms with Crippen molar-refractivity contribution in [2.45, 2.75) is 31.7 Å². The quantitative estimate of drug-likeness (QED) is 0.403. The van der Waals surface area contributed by atoms with Gasteiger partial charge >= 0.3 is 0 Å². The van der Waals surface area contributed by atoms with Crippen LogP contribution in [0.5, 0.6) is 0 Å². The van der Waals surface area contributed by atoms with Gasteiger partial charge in [-0.05, 0) is 37.3 Å². The van der Waals surface area contributed by atoms with E-state index in [4.69, 9.17) is 16.2 Å². The molecule has 3 heterocycles. The fraction of sp³-hybridized carbons (Fsp3) is 0.364. The number of carbonyl (C=O) groups is 1. The molecule has 0 aliphatic heterocycles. The molecular weight excluding hydrogens is 408 g/mol. The lowest BCUT2D eigenvalue weighted by Gasteiger charge is -2.29. The molecular formula is C22H26N8O2. The number of ether oxygens (including phenoxy) is 1. The molecule has 1 saturated carbocycles. The smallest absolute Gasteiger partial charge is 0.281 e. The molecule has 0 bridgehead atoms. The maximum atomic E-state index is 12.7. The third-order valence-corrected chi connectivity index (χ3v) is 5.88. The normalized spacial score (nSPS) is 16.0. The zero-order valence-electron chi connectivity index (χ0n) is 18.1. The number of pyridine rings is 1. The minimum Gasteiger partial charge on any atom is -0.386 e. The Morgan fingerprint density at radius 1 is 1.22 bits per heavy atom. The molecule has 4 rings (SSSR count). The number of nitrogen functional groups attached to an aromatic ring is 1. The first kappa shape index (κ1) is 21.6. The van der Waals surface area contributed by atoms with Crippen LogP contribution in [0.1, 0.15) is 35.7 Å². The van der Waals surface area contributed by atoms with E-state index in [1.807, 2.05) is 19.1 Å². The standard InChI is InChI=1S/C22H26N8O2/c1-22(16-3-4-16,17-5-6-18(25-12-17)14-9-26-21(24)27-10-14)20(23)29-19(31)15-11-28-30(13-15)7-8-32-2/h5-6,9-13,16H,3-4,7-8H2,1-2H3,(H2,23,29,31)(H2,24,26,27). The fourth-order valence-electron chi connectivity index (χ4n) is 3.67. The third-order valence-electron chi connectivity index (χ3n) is 5.88. The van der Waals surface area contributed by atoms with Crippen LogP contribution < -0.4 is 11.5 Å². The molecule has 0 aromatic carbocycles. The van der Waals surface area contributed by atoms with E-state index >= 15 is 0 Å².